The van der Waals surface area contributed by atoms with Crippen molar-refractivity contribution in [1.29, 1.82) is 0 Å². The first-order chi connectivity index (χ1) is 10.8. The number of benzene rings is 1. The van der Waals surface area contributed by atoms with Crippen LogP contribution in [0.15, 0.2) is 18.2 Å². The van der Waals surface area contributed by atoms with E-state index >= 15 is 0 Å². The molecule has 2 fully saturated rings. The van der Waals surface area contributed by atoms with Crippen LogP contribution in [0.5, 0.6) is 0 Å². The molecule has 7 heteroatoms. The summed E-state index contributed by atoms with van der Waals surface area (Å²) in [6, 6.07) is 4.11. The van der Waals surface area contributed by atoms with E-state index < -0.39 is 17.4 Å². The number of carbonyl (C=O) groups excluding carboxylic acids is 2. The molecule has 1 aliphatic heterocycles. The lowest BCUT2D eigenvalue weighted by atomic mass is 9.96. The topological polar surface area (TPSA) is 52.6 Å². The quantitative estimate of drug-likeness (QED) is 0.839. The number of amides is 3. The molecular formula is C16H19ClFN3O2. The summed E-state index contributed by atoms with van der Waals surface area (Å²) in [5, 5.41) is 3.13. The maximum atomic E-state index is 13.8. The van der Waals surface area contributed by atoms with Crippen LogP contribution in [0.25, 0.3) is 0 Å². The third-order valence-electron chi connectivity index (χ3n) is 4.57. The van der Waals surface area contributed by atoms with Crippen LogP contribution in [-0.2, 0) is 11.3 Å². The molecule has 124 valence electrons. The van der Waals surface area contributed by atoms with Crippen LogP contribution in [0.3, 0.4) is 0 Å². The molecule has 3 amide bonds. The van der Waals surface area contributed by atoms with Gasteiger partial charge in [0.2, 0.25) is 0 Å². The molecule has 1 aromatic carbocycles. The molecule has 1 heterocycles. The van der Waals surface area contributed by atoms with Crippen molar-refractivity contribution in [2.75, 3.05) is 13.7 Å². The first-order valence-electron chi connectivity index (χ1n) is 7.58. The lowest BCUT2D eigenvalue weighted by molar-refractivity contribution is -0.132. The number of rotatable bonds is 5. The number of hydrogen-bond donors (Lipinski definition) is 1. The molecule has 0 bridgehead atoms. The maximum Gasteiger partial charge on any atom is 0.326 e. The van der Waals surface area contributed by atoms with Gasteiger partial charge in [-0.25, -0.2) is 14.1 Å². The van der Waals surface area contributed by atoms with Crippen molar-refractivity contribution in [3.05, 3.63) is 34.6 Å². The minimum Gasteiger partial charge on any atom is -0.323 e. The van der Waals surface area contributed by atoms with Crippen LogP contribution in [-0.4, -0.2) is 41.0 Å². The predicted octanol–water partition coefficient (Wildman–Crippen LogP) is 2.59. The number of urea groups is 1. The lowest BCUT2D eigenvalue weighted by Crippen LogP contribution is -2.46. The first-order valence-corrected chi connectivity index (χ1v) is 7.96. The number of halogens is 2. The fraction of sp³-hybridized carbons (Fsp3) is 0.500. The Labute approximate surface area is 139 Å². The molecule has 5 nitrogen and oxygen atoms in total. The molecule has 0 spiro atoms. The molecule has 1 saturated heterocycles. The molecule has 0 radical (unpaired) electrons. The molecule has 0 unspecified atom stereocenters. The van der Waals surface area contributed by atoms with Crippen LogP contribution in [0.4, 0.5) is 9.18 Å². The molecule has 1 aromatic rings. The van der Waals surface area contributed by atoms with E-state index in [2.05, 4.69) is 5.32 Å². The van der Waals surface area contributed by atoms with E-state index in [1.165, 1.54) is 11.0 Å². The van der Waals surface area contributed by atoms with E-state index in [0.717, 1.165) is 12.8 Å². The van der Waals surface area contributed by atoms with Crippen molar-refractivity contribution in [3.8, 4) is 0 Å². The lowest BCUT2D eigenvalue weighted by Gasteiger charge is -2.24. The molecule has 1 aliphatic carbocycles. The molecular weight excluding hydrogens is 321 g/mol. The second kappa shape index (κ2) is 5.76. The Kier molecular flexibility index (Phi) is 4.06. The van der Waals surface area contributed by atoms with E-state index in [1.54, 1.807) is 31.0 Å². The number of nitrogens with one attached hydrogen (secondary N) is 1. The van der Waals surface area contributed by atoms with Crippen LogP contribution in [0.2, 0.25) is 5.02 Å². The molecule has 1 N–H and O–H groups in total. The predicted molar refractivity (Wildman–Crippen MR) is 84.3 cm³/mol. The van der Waals surface area contributed by atoms with Crippen molar-refractivity contribution in [1.82, 2.24) is 15.1 Å². The highest BCUT2D eigenvalue weighted by molar-refractivity contribution is 6.31. The van der Waals surface area contributed by atoms with Crippen LogP contribution in [0, 0.1) is 11.7 Å². The molecule has 0 aromatic heterocycles. The van der Waals surface area contributed by atoms with E-state index in [4.69, 9.17) is 11.6 Å². The summed E-state index contributed by atoms with van der Waals surface area (Å²) >= 11 is 6.02. The zero-order valence-electron chi connectivity index (χ0n) is 13.1. The van der Waals surface area contributed by atoms with E-state index in [-0.39, 0.29) is 25.0 Å². The molecule has 3 rings (SSSR count). The van der Waals surface area contributed by atoms with Crippen molar-refractivity contribution in [3.63, 3.8) is 0 Å². The van der Waals surface area contributed by atoms with Gasteiger partial charge in [0.1, 0.15) is 11.4 Å². The normalized spacial score (nSPS) is 24.5. The summed E-state index contributed by atoms with van der Waals surface area (Å²) in [5.41, 5.74) is -0.443. The summed E-state index contributed by atoms with van der Waals surface area (Å²) in [6.45, 7) is 2.08. The Morgan fingerprint density at radius 2 is 2.13 bits per heavy atom. The second-order valence-electron chi connectivity index (χ2n) is 6.50. The maximum absolute atomic E-state index is 13.8. The van der Waals surface area contributed by atoms with Crippen LogP contribution >= 0.6 is 11.6 Å². The number of hydrogen-bond acceptors (Lipinski definition) is 3. The third-order valence-corrected chi connectivity index (χ3v) is 4.92. The fourth-order valence-electron chi connectivity index (χ4n) is 3.03. The smallest absolute Gasteiger partial charge is 0.323 e. The van der Waals surface area contributed by atoms with Gasteiger partial charge in [0.15, 0.2) is 0 Å². The van der Waals surface area contributed by atoms with Gasteiger partial charge in [-0.1, -0.05) is 17.7 Å². The van der Waals surface area contributed by atoms with E-state index in [0.29, 0.717) is 10.6 Å². The minimum absolute atomic E-state index is 0.0949. The van der Waals surface area contributed by atoms with Gasteiger partial charge in [0, 0.05) is 17.1 Å². The summed E-state index contributed by atoms with van der Waals surface area (Å²) < 4.78 is 13.8. The Balaban J connectivity index is 1.69. The Hall–Kier alpha value is -1.66. The van der Waals surface area contributed by atoms with E-state index in [9.17, 15) is 14.0 Å². The fourth-order valence-corrected chi connectivity index (χ4v) is 3.25. The summed E-state index contributed by atoms with van der Waals surface area (Å²) in [5.74, 6) is -0.392. The Morgan fingerprint density at radius 3 is 2.74 bits per heavy atom. The number of carbonyl (C=O) groups is 2. The van der Waals surface area contributed by atoms with Gasteiger partial charge in [-0.3, -0.25) is 9.69 Å². The van der Waals surface area contributed by atoms with Gasteiger partial charge in [-0.2, -0.15) is 0 Å². The van der Waals surface area contributed by atoms with Gasteiger partial charge in [-0.15, -0.1) is 0 Å². The number of imide groups is 1. The second-order valence-corrected chi connectivity index (χ2v) is 6.90. The Morgan fingerprint density at radius 1 is 1.43 bits per heavy atom. The highest BCUT2D eigenvalue weighted by atomic mass is 35.5. The van der Waals surface area contributed by atoms with Crippen molar-refractivity contribution >= 4 is 23.5 Å². The average Bonchev–Trinajstić information content (AvgIpc) is 3.30. The molecule has 23 heavy (non-hydrogen) atoms. The molecule has 1 saturated carbocycles. The monoisotopic (exact) mass is 339 g/mol. The van der Waals surface area contributed by atoms with Crippen molar-refractivity contribution in [2.24, 2.45) is 5.92 Å². The zero-order chi connectivity index (χ0) is 16.8. The average molecular weight is 340 g/mol. The largest absolute Gasteiger partial charge is 0.326 e. The summed E-state index contributed by atoms with van der Waals surface area (Å²) in [6.07, 6.45) is 1.91. The van der Waals surface area contributed by atoms with Crippen LogP contribution < -0.4 is 5.32 Å². The molecule has 1 atom stereocenters. The van der Waals surface area contributed by atoms with Gasteiger partial charge >= 0.3 is 6.03 Å². The van der Waals surface area contributed by atoms with Gasteiger partial charge in [0.05, 0.1) is 6.67 Å². The zero-order valence-corrected chi connectivity index (χ0v) is 13.9. The summed E-state index contributed by atoms with van der Waals surface area (Å²) in [7, 11) is 1.72. The van der Waals surface area contributed by atoms with E-state index in [1.807, 2.05) is 0 Å². The van der Waals surface area contributed by atoms with Gasteiger partial charge in [-0.05, 0) is 44.9 Å². The van der Waals surface area contributed by atoms with Gasteiger partial charge in [0.25, 0.3) is 5.91 Å². The highest BCUT2D eigenvalue weighted by Crippen LogP contribution is 2.42. The van der Waals surface area contributed by atoms with Crippen molar-refractivity contribution in [2.45, 2.75) is 31.8 Å². The number of nitrogens with zero attached hydrogens (tertiary/aromatic N) is 2. The summed E-state index contributed by atoms with van der Waals surface area (Å²) in [4.78, 5) is 27.6. The minimum atomic E-state index is -0.798. The standard InChI is InChI=1S/C16H19ClFN3O2/c1-16(10-6-7-10)14(22)21(15(23)19-16)9-20(2)8-11-12(17)4-3-5-13(11)18/h3-5,10H,6-9H2,1-2H3,(H,19,23)/t16-/m0/s1. The molecule has 2 aliphatic rings. The van der Waals surface area contributed by atoms with Gasteiger partial charge < -0.3 is 5.32 Å². The SMILES string of the molecule is CN(Cc1c(F)cccc1Cl)CN1C(=O)N[C@@](C)(C2CC2)C1=O. The van der Waals surface area contributed by atoms with Crippen LogP contribution in [0.1, 0.15) is 25.3 Å². The third kappa shape index (κ3) is 2.93. The van der Waals surface area contributed by atoms with Crippen molar-refractivity contribution < 1.29 is 14.0 Å². The first kappa shape index (κ1) is 16.2. The Bertz CT molecular complexity index is 644. The highest BCUT2D eigenvalue weighted by Gasteiger charge is 2.56.